The highest BCUT2D eigenvalue weighted by atomic mass is 127. The Morgan fingerprint density at radius 2 is 2.00 bits per heavy atom. The number of ether oxygens (including phenoxy) is 3. The van der Waals surface area contributed by atoms with Crippen LogP contribution in [-0.4, -0.2) is 89.3 Å². The van der Waals surface area contributed by atoms with Crippen LogP contribution in [0, 0.1) is 5.92 Å². The first-order chi connectivity index (χ1) is 13.2. The molecule has 0 amide bonds. The average molecular weight is 512 g/mol. The molecule has 2 aliphatic rings. The van der Waals surface area contributed by atoms with Gasteiger partial charge in [-0.05, 0) is 39.5 Å². The maximum atomic E-state index is 5.75. The number of likely N-dealkylation sites (tertiary alicyclic amines) is 1. The van der Waals surface area contributed by atoms with Crippen molar-refractivity contribution in [2.24, 2.45) is 10.9 Å². The molecule has 0 aliphatic carbocycles. The van der Waals surface area contributed by atoms with E-state index in [0.717, 1.165) is 90.9 Å². The third-order valence-corrected chi connectivity index (χ3v) is 5.15. The highest BCUT2D eigenvalue weighted by Gasteiger charge is 2.19. The molecule has 28 heavy (non-hydrogen) atoms. The molecule has 0 radical (unpaired) electrons. The summed E-state index contributed by atoms with van der Waals surface area (Å²) >= 11 is 0. The Kier molecular flexibility index (Phi) is 14.5. The number of hydrogen-bond acceptors (Lipinski definition) is 5. The van der Waals surface area contributed by atoms with Gasteiger partial charge in [-0.25, -0.2) is 0 Å². The van der Waals surface area contributed by atoms with Crippen molar-refractivity contribution in [2.45, 2.75) is 51.7 Å². The molecular formula is C20H41IN4O3. The first-order valence-electron chi connectivity index (χ1n) is 10.6. The summed E-state index contributed by atoms with van der Waals surface area (Å²) in [6, 6.07) is 0.497. The quantitative estimate of drug-likeness (QED) is 0.191. The minimum Gasteiger partial charge on any atom is -0.381 e. The number of aliphatic imine (C=N–C) groups is 1. The zero-order chi connectivity index (χ0) is 19.3. The lowest BCUT2D eigenvalue weighted by Gasteiger charge is -2.33. The second kappa shape index (κ2) is 15.6. The minimum atomic E-state index is 0. The molecule has 2 fully saturated rings. The van der Waals surface area contributed by atoms with Crippen molar-refractivity contribution in [1.29, 1.82) is 0 Å². The first kappa shape index (κ1) is 25.9. The number of nitrogens with zero attached hydrogens (tertiary/aromatic N) is 2. The smallest absolute Gasteiger partial charge is 0.191 e. The Bertz CT molecular complexity index is 412. The molecule has 1 atom stereocenters. The Hall–Kier alpha value is -0.160. The molecule has 2 heterocycles. The van der Waals surface area contributed by atoms with E-state index in [0.29, 0.717) is 18.1 Å². The molecule has 1 unspecified atom stereocenters. The van der Waals surface area contributed by atoms with E-state index in [1.807, 2.05) is 7.05 Å². The number of halogens is 1. The van der Waals surface area contributed by atoms with Gasteiger partial charge >= 0.3 is 0 Å². The molecule has 2 rings (SSSR count). The Morgan fingerprint density at radius 3 is 2.64 bits per heavy atom. The van der Waals surface area contributed by atoms with Gasteiger partial charge in [0, 0.05) is 58.4 Å². The van der Waals surface area contributed by atoms with E-state index in [4.69, 9.17) is 14.2 Å². The van der Waals surface area contributed by atoms with Gasteiger partial charge in [0.05, 0.1) is 25.9 Å². The standard InChI is InChI=1S/C20H40N4O3.HI/c1-17(2)27-14-11-24-9-5-19(6-10-24)23-20(21-3)22-8-4-12-25-15-18-7-13-26-16-18;/h17-19H,4-16H2,1-3H3,(H2,21,22,23);1H. The number of guanidine groups is 1. The van der Waals surface area contributed by atoms with Crippen LogP contribution in [0.5, 0.6) is 0 Å². The highest BCUT2D eigenvalue weighted by molar-refractivity contribution is 14.0. The van der Waals surface area contributed by atoms with Crippen LogP contribution in [0.2, 0.25) is 0 Å². The summed E-state index contributed by atoms with van der Waals surface area (Å²) in [5.74, 6) is 1.50. The van der Waals surface area contributed by atoms with Gasteiger partial charge in [-0.15, -0.1) is 24.0 Å². The number of nitrogens with one attached hydrogen (secondary N) is 2. The van der Waals surface area contributed by atoms with Crippen molar-refractivity contribution in [2.75, 3.05) is 66.3 Å². The number of piperidine rings is 1. The van der Waals surface area contributed by atoms with Crippen LogP contribution >= 0.6 is 24.0 Å². The Labute approximate surface area is 188 Å². The normalized spacial score (nSPS) is 21.7. The third-order valence-electron chi connectivity index (χ3n) is 5.15. The Balaban J connectivity index is 0.00000392. The lowest BCUT2D eigenvalue weighted by atomic mass is 10.1. The largest absolute Gasteiger partial charge is 0.381 e. The fourth-order valence-corrected chi connectivity index (χ4v) is 3.45. The molecule has 0 saturated carbocycles. The van der Waals surface area contributed by atoms with E-state index in [1.165, 1.54) is 0 Å². The summed E-state index contributed by atoms with van der Waals surface area (Å²) in [6.07, 6.45) is 4.74. The van der Waals surface area contributed by atoms with Crippen LogP contribution < -0.4 is 10.6 Å². The average Bonchev–Trinajstić information content (AvgIpc) is 3.18. The van der Waals surface area contributed by atoms with Crippen molar-refractivity contribution >= 4 is 29.9 Å². The predicted octanol–water partition coefficient (Wildman–Crippen LogP) is 2.10. The minimum absolute atomic E-state index is 0. The summed E-state index contributed by atoms with van der Waals surface area (Å²) < 4.78 is 16.8. The van der Waals surface area contributed by atoms with Crippen molar-refractivity contribution in [1.82, 2.24) is 15.5 Å². The van der Waals surface area contributed by atoms with E-state index in [2.05, 4.69) is 34.4 Å². The van der Waals surface area contributed by atoms with E-state index < -0.39 is 0 Å². The van der Waals surface area contributed by atoms with Crippen LogP contribution in [-0.2, 0) is 14.2 Å². The molecule has 2 saturated heterocycles. The maximum Gasteiger partial charge on any atom is 0.191 e. The maximum absolute atomic E-state index is 5.75. The summed E-state index contributed by atoms with van der Waals surface area (Å²) in [5, 5.41) is 6.96. The summed E-state index contributed by atoms with van der Waals surface area (Å²) in [4.78, 5) is 6.84. The molecule has 0 bridgehead atoms. The topological polar surface area (TPSA) is 67.4 Å². The highest BCUT2D eigenvalue weighted by Crippen LogP contribution is 2.12. The molecule has 2 N–H and O–H groups in total. The summed E-state index contributed by atoms with van der Waals surface area (Å²) in [7, 11) is 1.84. The Morgan fingerprint density at radius 1 is 1.21 bits per heavy atom. The molecule has 0 aromatic heterocycles. The van der Waals surface area contributed by atoms with Crippen LogP contribution in [0.1, 0.15) is 39.5 Å². The molecule has 166 valence electrons. The van der Waals surface area contributed by atoms with Gasteiger partial charge in [-0.1, -0.05) is 0 Å². The third kappa shape index (κ3) is 11.1. The summed E-state index contributed by atoms with van der Waals surface area (Å²) in [5.41, 5.74) is 0. The van der Waals surface area contributed by atoms with Gasteiger partial charge in [0.1, 0.15) is 0 Å². The monoisotopic (exact) mass is 512 g/mol. The fraction of sp³-hybridized carbons (Fsp3) is 0.950. The van der Waals surface area contributed by atoms with Crippen molar-refractivity contribution in [3.8, 4) is 0 Å². The molecule has 7 nitrogen and oxygen atoms in total. The zero-order valence-corrected chi connectivity index (χ0v) is 20.3. The van der Waals surface area contributed by atoms with Gasteiger partial charge < -0.3 is 29.7 Å². The molecule has 0 aromatic carbocycles. The molecule has 2 aliphatic heterocycles. The van der Waals surface area contributed by atoms with Gasteiger partial charge in [0.15, 0.2) is 5.96 Å². The predicted molar refractivity (Wildman–Crippen MR) is 125 cm³/mol. The molecule has 0 aromatic rings. The van der Waals surface area contributed by atoms with Crippen molar-refractivity contribution in [3.05, 3.63) is 0 Å². The van der Waals surface area contributed by atoms with Crippen LogP contribution in [0.25, 0.3) is 0 Å². The fourth-order valence-electron chi connectivity index (χ4n) is 3.45. The lowest BCUT2D eigenvalue weighted by Crippen LogP contribution is -2.49. The van der Waals surface area contributed by atoms with Gasteiger partial charge in [-0.3, -0.25) is 4.99 Å². The van der Waals surface area contributed by atoms with Gasteiger partial charge in [0.25, 0.3) is 0 Å². The van der Waals surface area contributed by atoms with E-state index >= 15 is 0 Å². The van der Waals surface area contributed by atoms with E-state index in [-0.39, 0.29) is 24.0 Å². The lowest BCUT2D eigenvalue weighted by molar-refractivity contribution is 0.0532. The first-order valence-corrected chi connectivity index (χ1v) is 10.6. The van der Waals surface area contributed by atoms with Gasteiger partial charge in [0.2, 0.25) is 0 Å². The zero-order valence-electron chi connectivity index (χ0n) is 18.0. The second-order valence-electron chi connectivity index (χ2n) is 7.84. The SMILES string of the molecule is CN=C(NCCCOCC1CCOC1)NC1CCN(CCOC(C)C)CC1.I. The number of rotatable bonds is 11. The second-order valence-corrected chi connectivity index (χ2v) is 7.84. The van der Waals surface area contributed by atoms with Crippen LogP contribution in [0.15, 0.2) is 4.99 Å². The molecule has 0 spiro atoms. The molecule has 8 heteroatoms. The van der Waals surface area contributed by atoms with Crippen molar-refractivity contribution in [3.63, 3.8) is 0 Å². The summed E-state index contributed by atoms with van der Waals surface area (Å²) in [6.45, 7) is 12.5. The molecular weight excluding hydrogens is 471 g/mol. The number of hydrogen-bond donors (Lipinski definition) is 2. The van der Waals surface area contributed by atoms with Crippen LogP contribution in [0.3, 0.4) is 0 Å². The van der Waals surface area contributed by atoms with E-state index in [1.54, 1.807) is 0 Å². The van der Waals surface area contributed by atoms with Crippen molar-refractivity contribution < 1.29 is 14.2 Å². The van der Waals surface area contributed by atoms with E-state index in [9.17, 15) is 0 Å². The van der Waals surface area contributed by atoms with Crippen LogP contribution in [0.4, 0.5) is 0 Å². The van der Waals surface area contributed by atoms with Gasteiger partial charge in [-0.2, -0.15) is 0 Å².